The summed E-state index contributed by atoms with van der Waals surface area (Å²) in [7, 11) is 0. The highest BCUT2D eigenvalue weighted by Crippen LogP contribution is 2.25. The number of thiocarbonyl (C=S) groups is 1. The van der Waals surface area contributed by atoms with E-state index in [0.29, 0.717) is 0 Å². The number of hydrogen-bond donors (Lipinski definition) is 2. The molecule has 3 aromatic rings. The molecular formula is C15H13N5S. The van der Waals surface area contributed by atoms with Crippen LogP contribution in [0.2, 0.25) is 0 Å². The zero-order valence-corrected chi connectivity index (χ0v) is 11.9. The maximum Gasteiger partial charge on any atom is 0.183 e. The standard InChI is InChI=1S/C15H13N5S/c16-15(21)19-20(12-4-2-1-3-5-12)13-6-7-14-11(8-13)9-17-10-18-14/h1-10H,(H3,16,19,21). The predicted octanol–water partition coefficient (Wildman–Crippen LogP) is 2.52. The van der Waals surface area contributed by atoms with E-state index in [1.807, 2.05) is 53.5 Å². The molecule has 0 spiro atoms. The van der Waals surface area contributed by atoms with E-state index < -0.39 is 0 Å². The van der Waals surface area contributed by atoms with Gasteiger partial charge in [0.25, 0.3) is 0 Å². The maximum atomic E-state index is 5.63. The molecule has 1 heterocycles. The number of para-hydroxylation sites is 1. The Bertz CT molecular complexity index is 775. The van der Waals surface area contributed by atoms with Crippen molar-refractivity contribution in [3.63, 3.8) is 0 Å². The molecule has 1 aromatic heterocycles. The Labute approximate surface area is 127 Å². The van der Waals surface area contributed by atoms with Gasteiger partial charge in [-0.25, -0.2) is 9.97 Å². The molecule has 0 fully saturated rings. The summed E-state index contributed by atoms with van der Waals surface area (Å²) in [4.78, 5) is 8.26. The molecular weight excluding hydrogens is 282 g/mol. The Kier molecular flexibility index (Phi) is 3.61. The molecule has 0 radical (unpaired) electrons. The highest BCUT2D eigenvalue weighted by atomic mass is 32.1. The minimum absolute atomic E-state index is 0.197. The van der Waals surface area contributed by atoms with Gasteiger partial charge < -0.3 is 5.73 Å². The first-order valence-corrected chi connectivity index (χ1v) is 6.76. The number of hydrazine groups is 1. The van der Waals surface area contributed by atoms with Crippen LogP contribution in [0.1, 0.15) is 0 Å². The molecule has 2 aromatic carbocycles. The van der Waals surface area contributed by atoms with Crippen molar-refractivity contribution in [2.24, 2.45) is 5.73 Å². The molecule has 5 nitrogen and oxygen atoms in total. The summed E-state index contributed by atoms with van der Waals surface area (Å²) in [5.74, 6) is 0. The number of benzene rings is 2. The van der Waals surface area contributed by atoms with Crippen LogP contribution in [-0.4, -0.2) is 15.1 Å². The molecule has 21 heavy (non-hydrogen) atoms. The van der Waals surface area contributed by atoms with Gasteiger partial charge >= 0.3 is 0 Å². The van der Waals surface area contributed by atoms with Crippen LogP contribution < -0.4 is 16.2 Å². The molecule has 0 aliphatic carbocycles. The average molecular weight is 295 g/mol. The highest BCUT2D eigenvalue weighted by molar-refractivity contribution is 7.80. The van der Waals surface area contributed by atoms with E-state index in [-0.39, 0.29) is 5.11 Å². The van der Waals surface area contributed by atoms with Crippen LogP contribution in [0.3, 0.4) is 0 Å². The molecule has 0 aliphatic rings. The third-order valence-electron chi connectivity index (χ3n) is 2.98. The Morgan fingerprint density at radius 1 is 1.10 bits per heavy atom. The number of nitrogens with one attached hydrogen (secondary N) is 1. The Morgan fingerprint density at radius 2 is 1.90 bits per heavy atom. The molecule has 0 bridgehead atoms. The lowest BCUT2D eigenvalue weighted by atomic mass is 10.2. The van der Waals surface area contributed by atoms with Gasteiger partial charge in [0.1, 0.15) is 6.33 Å². The minimum atomic E-state index is 0.197. The van der Waals surface area contributed by atoms with Gasteiger partial charge in [-0.15, -0.1) is 0 Å². The second-order valence-corrected chi connectivity index (χ2v) is 4.85. The Morgan fingerprint density at radius 3 is 2.67 bits per heavy atom. The predicted molar refractivity (Wildman–Crippen MR) is 88.0 cm³/mol. The van der Waals surface area contributed by atoms with Gasteiger partial charge in [-0.3, -0.25) is 10.4 Å². The van der Waals surface area contributed by atoms with Crippen LogP contribution in [-0.2, 0) is 0 Å². The molecule has 0 saturated carbocycles. The molecule has 104 valence electrons. The first kappa shape index (κ1) is 13.3. The van der Waals surface area contributed by atoms with Gasteiger partial charge in [-0.2, -0.15) is 0 Å². The van der Waals surface area contributed by atoms with Gasteiger partial charge in [0.2, 0.25) is 0 Å². The number of anilines is 2. The second-order valence-electron chi connectivity index (χ2n) is 4.41. The van der Waals surface area contributed by atoms with Crippen LogP contribution in [0.25, 0.3) is 10.9 Å². The fourth-order valence-corrected chi connectivity index (χ4v) is 2.17. The van der Waals surface area contributed by atoms with Crippen molar-refractivity contribution in [1.29, 1.82) is 0 Å². The lowest BCUT2D eigenvalue weighted by molar-refractivity contribution is 0.938. The van der Waals surface area contributed by atoms with Gasteiger partial charge in [-0.1, -0.05) is 18.2 Å². The van der Waals surface area contributed by atoms with Crippen LogP contribution in [0.15, 0.2) is 61.1 Å². The molecule has 0 atom stereocenters. The fourth-order valence-electron chi connectivity index (χ4n) is 2.08. The number of fused-ring (bicyclic) bond motifs is 1. The summed E-state index contributed by atoms with van der Waals surface area (Å²) in [5, 5.41) is 2.97. The van der Waals surface area contributed by atoms with Crippen molar-refractivity contribution >= 4 is 39.6 Å². The first-order chi connectivity index (χ1) is 10.2. The van der Waals surface area contributed by atoms with Crippen molar-refractivity contribution in [3.05, 3.63) is 61.1 Å². The SMILES string of the molecule is NC(=S)NN(c1ccccc1)c1ccc2ncncc2c1. The quantitative estimate of drug-likeness (QED) is 0.572. The number of nitrogens with two attached hydrogens (primary N) is 1. The second kappa shape index (κ2) is 5.72. The van der Waals surface area contributed by atoms with Crippen molar-refractivity contribution in [3.8, 4) is 0 Å². The molecule has 3 N–H and O–H groups in total. The Hall–Kier alpha value is -2.73. The van der Waals surface area contributed by atoms with Crippen LogP contribution in [0.4, 0.5) is 11.4 Å². The minimum Gasteiger partial charge on any atom is -0.375 e. The summed E-state index contributed by atoms with van der Waals surface area (Å²) < 4.78 is 0. The summed E-state index contributed by atoms with van der Waals surface area (Å²) in [6, 6.07) is 15.7. The molecule has 0 amide bonds. The smallest absolute Gasteiger partial charge is 0.183 e. The van der Waals surface area contributed by atoms with Crippen LogP contribution in [0.5, 0.6) is 0 Å². The van der Waals surface area contributed by atoms with E-state index in [4.69, 9.17) is 18.0 Å². The monoisotopic (exact) mass is 295 g/mol. The van der Waals surface area contributed by atoms with Gasteiger partial charge in [0, 0.05) is 11.6 Å². The van der Waals surface area contributed by atoms with E-state index in [0.717, 1.165) is 22.3 Å². The molecule has 6 heteroatoms. The zero-order chi connectivity index (χ0) is 14.7. The number of rotatable bonds is 3. The summed E-state index contributed by atoms with van der Waals surface area (Å²) in [6.45, 7) is 0. The van der Waals surface area contributed by atoms with Gasteiger partial charge in [0.15, 0.2) is 5.11 Å². The van der Waals surface area contributed by atoms with E-state index in [1.165, 1.54) is 6.33 Å². The third-order valence-corrected chi connectivity index (χ3v) is 3.07. The normalized spacial score (nSPS) is 10.3. The average Bonchev–Trinajstić information content (AvgIpc) is 2.53. The lowest BCUT2D eigenvalue weighted by Gasteiger charge is -2.25. The summed E-state index contributed by atoms with van der Waals surface area (Å²) in [5.41, 5.74) is 11.3. The summed E-state index contributed by atoms with van der Waals surface area (Å²) in [6.07, 6.45) is 3.31. The largest absolute Gasteiger partial charge is 0.375 e. The van der Waals surface area contributed by atoms with Crippen molar-refractivity contribution < 1.29 is 0 Å². The lowest BCUT2D eigenvalue weighted by Crippen LogP contribution is -2.42. The third kappa shape index (κ3) is 2.90. The van der Waals surface area contributed by atoms with Crippen molar-refractivity contribution in [1.82, 2.24) is 15.4 Å². The molecule has 0 aliphatic heterocycles. The number of hydrogen-bond acceptors (Lipinski definition) is 4. The molecule has 3 rings (SSSR count). The highest BCUT2D eigenvalue weighted by Gasteiger charge is 2.10. The zero-order valence-electron chi connectivity index (χ0n) is 11.1. The first-order valence-electron chi connectivity index (χ1n) is 6.35. The topological polar surface area (TPSA) is 67.1 Å². The van der Waals surface area contributed by atoms with Crippen molar-refractivity contribution in [2.45, 2.75) is 0 Å². The van der Waals surface area contributed by atoms with Gasteiger partial charge in [-0.05, 0) is 42.5 Å². The maximum absolute atomic E-state index is 5.63. The van der Waals surface area contributed by atoms with E-state index in [9.17, 15) is 0 Å². The van der Waals surface area contributed by atoms with E-state index in [2.05, 4.69) is 15.4 Å². The van der Waals surface area contributed by atoms with Crippen LogP contribution in [0, 0.1) is 0 Å². The number of nitrogens with zero attached hydrogens (tertiary/aromatic N) is 3. The molecule has 0 saturated heterocycles. The fraction of sp³-hybridized carbons (Fsp3) is 0. The van der Waals surface area contributed by atoms with E-state index >= 15 is 0 Å². The van der Waals surface area contributed by atoms with E-state index in [1.54, 1.807) is 6.20 Å². The molecule has 0 unspecified atom stereocenters. The van der Waals surface area contributed by atoms with Gasteiger partial charge in [0.05, 0.1) is 16.9 Å². The summed E-state index contributed by atoms with van der Waals surface area (Å²) >= 11 is 4.97. The Balaban J connectivity index is 2.07. The number of aromatic nitrogens is 2. The van der Waals surface area contributed by atoms with Crippen molar-refractivity contribution in [2.75, 3.05) is 5.01 Å². The van der Waals surface area contributed by atoms with Crippen LogP contribution >= 0.6 is 12.2 Å².